The van der Waals surface area contributed by atoms with Crippen LogP contribution in [0.15, 0.2) is 22.7 Å². The SMILES string of the molecule is CC(CCCO)NC(=O)NCc1ccc(O)c(Br)c1. The van der Waals surface area contributed by atoms with E-state index < -0.39 is 0 Å². The average Bonchev–Trinajstić information content (AvgIpc) is 2.38. The van der Waals surface area contributed by atoms with Crippen LogP contribution in [0.3, 0.4) is 0 Å². The molecule has 2 amide bonds. The molecule has 19 heavy (non-hydrogen) atoms. The fraction of sp³-hybridized carbons (Fsp3) is 0.462. The van der Waals surface area contributed by atoms with E-state index in [0.29, 0.717) is 17.4 Å². The molecule has 0 bridgehead atoms. The summed E-state index contributed by atoms with van der Waals surface area (Å²) in [7, 11) is 0. The predicted octanol–water partition coefficient (Wildman–Crippen LogP) is 2.11. The van der Waals surface area contributed by atoms with E-state index in [0.717, 1.165) is 12.0 Å². The first-order valence-electron chi connectivity index (χ1n) is 6.15. The quantitative estimate of drug-likeness (QED) is 0.644. The third-order valence-electron chi connectivity index (χ3n) is 2.64. The van der Waals surface area contributed by atoms with Crippen LogP contribution in [0.5, 0.6) is 5.75 Å². The van der Waals surface area contributed by atoms with Crippen molar-refractivity contribution in [3.05, 3.63) is 28.2 Å². The number of nitrogens with one attached hydrogen (secondary N) is 2. The number of carbonyl (C=O) groups excluding carboxylic acids is 1. The Labute approximate surface area is 121 Å². The van der Waals surface area contributed by atoms with Crippen LogP contribution in [0.4, 0.5) is 4.79 Å². The monoisotopic (exact) mass is 330 g/mol. The van der Waals surface area contributed by atoms with Gasteiger partial charge in [-0.1, -0.05) is 6.07 Å². The summed E-state index contributed by atoms with van der Waals surface area (Å²) in [6.07, 6.45) is 1.42. The van der Waals surface area contributed by atoms with Crippen LogP contribution in [0, 0.1) is 0 Å². The molecule has 0 radical (unpaired) electrons. The van der Waals surface area contributed by atoms with Gasteiger partial charge in [-0.25, -0.2) is 4.79 Å². The summed E-state index contributed by atoms with van der Waals surface area (Å²) in [4.78, 5) is 11.6. The molecule has 1 aromatic rings. The van der Waals surface area contributed by atoms with E-state index in [2.05, 4.69) is 26.6 Å². The van der Waals surface area contributed by atoms with Crippen molar-refractivity contribution >= 4 is 22.0 Å². The standard InChI is InChI=1S/C13H19BrN2O3/c1-9(3-2-6-17)16-13(19)15-8-10-4-5-12(18)11(14)7-10/h4-5,7,9,17-18H,2-3,6,8H2,1H3,(H2,15,16,19). The molecule has 0 fully saturated rings. The second-order valence-electron chi connectivity index (χ2n) is 4.38. The summed E-state index contributed by atoms with van der Waals surface area (Å²) in [6, 6.07) is 4.86. The first kappa shape index (κ1) is 15.8. The Kier molecular flexibility index (Phi) is 6.66. The molecule has 5 nitrogen and oxygen atoms in total. The number of carbonyl (C=O) groups is 1. The fourth-order valence-electron chi connectivity index (χ4n) is 1.59. The van der Waals surface area contributed by atoms with Crippen LogP contribution in [0.25, 0.3) is 0 Å². The number of phenols is 1. The van der Waals surface area contributed by atoms with Crippen LogP contribution in [-0.2, 0) is 6.54 Å². The van der Waals surface area contributed by atoms with Gasteiger partial charge in [0.15, 0.2) is 0 Å². The Morgan fingerprint density at radius 1 is 1.47 bits per heavy atom. The third-order valence-corrected chi connectivity index (χ3v) is 3.27. The van der Waals surface area contributed by atoms with E-state index in [-0.39, 0.29) is 24.4 Å². The maximum atomic E-state index is 11.6. The minimum Gasteiger partial charge on any atom is -0.507 e. The van der Waals surface area contributed by atoms with E-state index >= 15 is 0 Å². The average molecular weight is 331 g/mol. The number of benzene rings is 1. The molecular weight excluding hydrogens is 312 g/mol. The lowest BCUT2D eigenvalue weighted by molar-refractivity contribution is 0.234. The lowest BCUT2D eigenvalue weighted by Crippen LogP contribution is -2.40. The van der Waals surface area contributed by atoms with Gasteiger partial charge < -0.3 is 20.8 Å². The minimum atomic E-state index is -0.241. The van der Waals surface area contributed by atoms with Crippen LogP contribution in [-0.4, -0.2) is 28.9 Å². The number of rotatable bonds is 6. The molecule has 1 unspecified atom stereocenters. The Hall–Kier alpha value is -1.27. The van der Waals surface area contributed by atoms with Gasteiger partial charge in [-0.3, -0.25) is 0 Å². The highest BCUT2D eigenvalue weighted by Gasteiger charge is 2.07. The Morgan fingerprint density at radius 2 is 2.21 bits per heavy atom. The molecule has 0 aliphatic rings. The molecule has 1 rings (SSSR count). The summed E-state index contributed by atoms with van der Waals surface area (Å²) in [5.74, 6) is 0.172. The maximum absolute atomic E-state index is 11.6. The van der Waals surface area contributed by atoms with Gasteiger partial charge in [0.1, 0.15) is 5.75 Å². The van der Waals surface area contributed by atoms with Gasteiger partial charge in [0, 0.05) is 19.2 Å². The Balaban J connectivity index is 2.35. The van der Waals surface area contributed by atoms with Crippen molar-refractivity contribution in [3.8, 4) is 5.75 Å². The molecule has 1 aromatic carbocycles. The van der Waals surface area contributed by atoms with E-state index in [9.17, 15) is 9.90 Å². The van der Waals surface area contributed by atoms with Crippen molar-refractivity contribution in [1.29, 1.82) is 0 Å². The van der Waals surface area contributed by atoms with Gasteiger partial charge in [0.25, 0.3) is 0 Å². The normalized spacial score (nSPS) is 11.9. The topological polar surface area (TPSA) is 81.6 Å². The highest BCUT2D eigenvalue weighted by atomic mass is 79.9. The van der Waals surface area contributed by atoms with Crippen LogP contribution in [0.1, 0.15) is 25.3 Å². The van der Waals surface area contributed by atoms with Gasteiger partial charge in [-0.15, -0.1) is 0 Å². The lowest BCUT2D eigenvalue weighted by atomic mass is 10.2. The van der Waals surface area contributed by atoms with Crippen molar-refractivity contribution in [1.82, 2.24) is 10.6 Å². The zero-order chi connectivity index (χ0) is 14.3. The zero-order valence-electron chi connectivity index (χ0n) is 10.8. The second kappa shape index (κ2) is 8.01. The van der Waals surface area contributed by atoms with Crippen molar-refractivity contribution in [2.45, 2.75) is 32.4 Å². The first-order valence-corrected chi connectivity index (χ1v) is 6.95. The lowest BCUT2D eigenvalue weighted by Gasteiger charge is -2.14. The number of aromatic hydroxyl groups is 1. The van der Waals surface area contributed by atoms with Crippen molar-refractivity contribution in [3.63, 3.8) is 0 Å². The van der Waals surface area contributed by atoms with E-state index in [1.165, 1.54) is 0 Å². The number of aliphatic hydroxyl groups is 1. The Morgan fingerprint density at radius 3 is 2.84 bits per heavy atom. The Bertz CT molecular complexity index is 426. The number of hydrogen-bond acceptors (Lipinski definition) is 3. The van der Waals surface area contributed by atoms with Crippen LogP contribution in [0.2, 0.25) is 0 Å². The van der Waals surface area contributed by atoms with Gasteiger partial charge in [-0.2, -0.15) is 0 Å². The molecule has 0 spiro atoms. The summed E-state index contributed by atoms with van der Waals surface area (Å²) in [5, 5.41) is 23.6. The molecule has 1 atom stereocenters. The molecule has 0 aromatic heterocycles. The molecule has 0 aliphatic carbocycles. The highest BCUT2D eigenvalue weighted by molar-refractivity contribution is 9.10. The summed E-state index contributed by atoms with van der Waals surface area (Å²) in [5.41, 5.74) is 0.892. The number of hydrogen-bond donors (Lipinski definition) is 4. The molecule has 0 aliphatic heterocycles. The minimum absolute atomic E-state index is 0.0266. The maximum Gasteiger partial charge on any atom is 0.315 e. The van der Waals surface area contributed by atoms with Crippen LogP contribution >= 0.6 is 15.9 Å². The van der Waals surface area contributed by atoms with Gasteiger partial charge in [0.2, 0.25) is 0 Å². The van der Waals surface area contributed by atoms with E-state index in [4.69, 9.17) is 5.11 Å². The second-order valence-corrected chi connectivity index (χ2v) is 5.23. The molecular formula is C13H19BrN2O3. The molecule has 6 heteroatoms. The predicted molar refractivity (Wildman–Crippen MR) is 77.0 cm³/mol. The van der Waals surface area contributed by atoms with Crippen molar-refractivity contribution in [2.75, 3.05) is 6.61 Å². The molecule has 0 heterocycles. The van der Waals surface area contributed by atoms with Crippen LogP contribution < -0.4 is 10.6 Å². The van der Waals surface area contributed by atoms with Gasteiger partial charge in [0.05, 0.1) is 4.47 Å². The highest BCUT2D eigenvalue weighted by Crippen LogP contribution is 2.24. The summed E-state index contributed by atoms with van der Waals surface area (Å²) < 4.78 is 0.600. The van der Waals surface area contributed by atoms with Crippen molar-refractivity contribution < 1.29 is 15.0 Å². The molecule has 0 saturated carbocycles. The number of amides is 2. The number of halogens is 1. The number of aliphatic hydroxyl groups excluding tert-OH is 1. The summed E-state index contributed by atoms with van der Waals surface area (Å²) in [6.45, 7) is 2.42. The largest absolute Gasteiger partial charge is 0.507 e. The number of urea groups is 1. The van der Waals surface area contributed by atoms with Gasteiger partial charge in [-0.05, 0) is 53.4 Å². The van der Waals surface area contributed by atoms with Crippen molar-refractivity contribution in [2.24, 2.45) is 0 Å². The number of phenolic OH excluding ortho intramolecular Hbond substituents is 1. The molecule has 4 N–H and O–H groups in total. The summed E-state index contributed by atoms with van der Waals surface area (Å²) >= 11 is 3.22. The van der Waals surface area contributed by atoms with E-state index in [1.54, 1.807) is 18.2 Å². The zero-order valence-corrected chi connectivity index (χ0v) is 12.4. The molecule has 106 valence electrons. The smallest absolute Gasteiger partial charge is 0.315 e. The third kappa shape index (κ3) is 5.94. The van der Waals surface area contributed by atoms with E-state index in [1.807, 2.05) is 6.92 Å². The molecule has 0 saturated heterocycles. The fourth-order valence-corrected chi connectivity index (χ4v) is 2.01. The first-order chi connectivity index (χ1) is 9.02. The van der Waals surface area contributed by atoms with Gasteiger partial charge >= 0.3 is 6.03 Å².